The third-order valence-corrected chi connectivity index (χ3v) is 1.23. The predicted octanol–water partition coefficient (Wildman–Crippen LogP) is 1.44. The quantitative estimate of drug-likeness (QED) is 0.335. The first-order valence-electron chi connectivity index (χ1n) is 4.80. The van der Waals surface area contributed by atoms with E-state index in [1.165, 1.54) is 13.0 Å². The van der Waals surface area contributed by atoms with E-state index in [9.17, 15) is 14.4 Å². The highest BCUT2D eigenvalue weighted by Crippen LogP contribution is 2.00. The number of esters is 2. The van der Waals surface area contributed by atoms with E-state index >= 15 is 0 Å². The first kappa shape index (κ1) is 18.0. The fourth-order valence-electron chi connectivity index (χ4n) is 0.609. The van der Waals surface area contributed by atoms with Crippen LogP contribution in [0.15, 0.2) is 37.6 Å². The van der Waals surface area contributed by atoms with Crippen LogP contribution in [0.25, 0.3) is 0 Å². The minimum Gasteiger partial charge on any atom is -0.481 e. The van der Waals surface area contributed by atoms with Crippen LogP contribution in [0.1, 0.15) is 13.3 Å². The fourth-order valence-corrected chi connectivity index (χ4v) is 0.609. The molecule has 0 atom stereocenters. The van der Waals surface area contributed by atoms with E-state index in [1.807, 2.05) is 0 Å². The van der Waals surface area contributed by atoms with E-state index < -0.39 is 18.4 Å². The Balaban J connectivity index is 0. The van der Waals surface area contributed by atoms with Gasteiger partial charge in [-0.3, -0.25) is 9.59 Å². The minimum atomic E-state index is -1.10. The summed E-state index contributed by atoms with van der Waals surface area (Å²) >= 11 is 0. The molecule has 100 valence electrons. The Hall–Kier alpha value is -2.37. The average molecular weight is 256 g/mol. The lowest BCUT2D eigenvalue weighted by Gasteiger charge is -2.01. The van der Waals surface area contributed by atoms with Gasteiger partial charge in [0, 0.05) is 12.5 Å². The van der Waals surface area contributed by atoms with Crippen molar-refractivity contribution in [1.29, 1.82) is 0 Å². The zero-order valence-electron chi connectivity index (χ0n) is 10.2. The Bertz CT molecular complexity index is 342. The van der Waals surface area contributed by atoms with Crippen molar-refractivity contribution in [2.75, 3.05) is 6.61 Å². The Labute approximate surface area is 105 Å². The van der Waals surface area contributed by atoms with Crippen LogP contribution in [0.4, 0.5) is 0 Å². The van der Waals surface area contributed by atoms with E-state index in [-0.39, 0.29) is 18.1 Å². The molecule has 0 aliphatic heterocycles. The second-order valence-corrected chi connectivity index (χ2v) is 2.84. The molecule has 0 bridgehead atoms. The normalized spacial score (nSPS) is 8.06. The van der Waals surface area contributed by atoms with Gasteiger partial charge in [-0.05, 0) is 0 Å². The number of rotatable bonds is 6. The monoisotopic (exact) mass is 256 g/mol. The van der Waals surface area contributed by atoms with Crippen molar-refractivity contribution in [3.8, 4) is 0 Å². The zero-order valence-corrected chi connectivity index (χ0v) is 10.2. The lowest BCUT2D eigenvalue weighted by Crippen LogP contribution is -2.10. The van der Waals surface area contributed by atoms with Crippen molar-refractivity contribution in [2.24, 2.45) is 0 Å². The van der Waals surface area contributed by atoms with Gasteiger partial charge in [0.15, 0.2) is 0 Å². The fraction of sp³-hybridized carbons (Fsp3) is 0.250. The molecule has 0 radical (unpaired) electrons. The van der Waals surface area contributed by atoms with Crippen molar-refractivity contribution >= 4 is 17.9 Å². The van der Waals surface area contributed by atoms with Gasteiger partial charge in [-0.2, -0.15) is 0 Å². The Kier molecular flexibility index (Phi) is 11.1. The Morgan fingerprint density at radius 2 is 1.83 bits per heavy atom. The van der Waals surface area contributed by atoms with Crippen molar-refractivity contribution in [3.63, 3.8) is 0 Å². The molecule has 0 aromatic heterocycles. The maximum absolute atomic E-state index is 10.8. The maximum Gasteiger partial charge on any atom is 0.334 e. The number of hydrogen-bond acceptors (Lipinski definition) is 5. The molecule has 0 heterocycles. The largest absolute Gasteiger partial charge is 0.481 e. The molecule has 6 nitrogen and oxygen atoms in total. The summed E-state index contributed by atoms with van der Waals surface area (Å²) in [6.45, 7) is 11.1. The van der Waals surface area contributed by atoms with E-state index in [4.69, 9.17) is 5.11 Å². The molecule has 0 aliphatic carbocycles. The predicted molar refractivity (Wildman–Crippen MR) is 64.5 cm³/mol. The van der Waals surface area contributed by atoms with E-state index in [0.717, 1.165) is 6.26 Å². The van der Waals surface area contributed by atoms with Crippen LogP contribution >= 0.6 is 0 Å². The minimum absolute atomic E-state index is 0.0654. The summed E-state index contributed by atoms with van der Waals surface area (Å²) in [7, 11) is 0. The number of ether oxygens (including phenoxy) is 2. The van der Waals surface area contributed by atoms with Gasteiger partial charge in [0.05, 0.1) is 12.7 Å². The van der Waals surface area contributed by atoms with E-state index in [0.29, 0.717) is 0 Å². The van der Waals surface area contributed by atoms with Crippen molar-refractivity contribution < 1.29 is 29.0 Å². The zero-order chi connectivity index (χ0) is 14.6. The van der Waals surface area contributed by atoms with Gasteiger partial charge in [0.2, 0.25) is 0 Å². The molecule has 6 heteroatoms. The SMILES string of the molecule is C=CCOC(=O)C(=C)CC(=O)O.C=COC(C)=O. The van der Waals surface area contributed by atoms with Crippen LogP contribution in [0.3, 0.4) is 0 Å². The van der Waals surface area contributed by atoms with Crippen LogP contribution in [0.5, 0.6) is 0 Å². The lowest BCUT2D eigenvalue weighted by atomic mass is 10.2. The van der Waals surface area contributed by atoms with Gasteiger partial charge in [0.1, 0.15) is 6.61 Å². The molecule has 0 aromatic rings. The smallest absolute Gasteiger partial charge is 0.334 e. The highest BCUT2D eigenvalue weighted by Gasteiger charge is 2.10. The summed E-state index contributed by atoms with van der Waals surface area (Å²) in [4.78, 5) is 30.7. The average Bonchev–Trinajstić information content (AvgIpc) is 2.25. The molecule has 0 saturated carbocycles. The summed E-state index contributed by atoms with van der Waals surface area (Å²) in [6, 6.07) is 0. The third kappa shape index (κ3) is 13.6. The van der Waals surface area contributed by atoms with Gasteiger partial charge in [0.25, 0.3) is 0 Å². The number of carboxylic acid groups (broad SMARTS) is 1. The lowest BCUT2D eigenvalue weighted by molar-refractivity contribution is -0.142. The van der Waals surface area contributed by atoms with Gasteiger partial charge in [-0.1, -0.05) is 25.8 Å². The molecule has 0 saturated heterocycles. The number of carboxylic acids is 1. The number of hydrogen-bond donors (Lipinski definition) is 1. The highest BCUT2D eigenvalue weighted by atomic mass is 16.5. The number of carbonyl (C=O) groups is 3. The third-order valence-electron chi connectivity index (χ3n) is 1.23. The first-order chi connectivity index (χ1) is 8.34. The number of carbonyl (C=O) groups excluding carboxylic acids is 2. The molecule has 0 rings (SSSR count). The van der Waals surface area contributed by atoms with E-state index in [1.54, 1.807) is 0 Å². The summed E-state index contributed by atoms with van der Waals surface area (Å²) < 4.78 is 8.70. The van der Waals surface area contributed by atoms with Gasteiger partial charge < -0.3 is 14.6 Å². The number of aliphatic carboxylic acids is 1. The molecule has 0 spiro atoms. The topological polar surface area (TPSA) is 89.9 Å². The van der Waals surface area contributed by atoms with Crippen LogP contribution in [-0.4, -0.2) is 29.6 Å². The van der Waals surface area contributed by atoms with Crippen LogP contribution in [-0.2, 0) is 23.9 Å². The maximum atomic E-state index is 10.8. The van der Waals surface area contributed by atoms with Crippen molar-refractivity contribution in [2.45, 2.75) is 13.3 Å². The summed E-state index contributed by atoms with van der Waals surface area (Å²) in [5.41, 5.74) is -0.0654. The molecular weight excluding hydrogens is 240 g/mol. The summed E-state index contributed by atoms with van der Waals surface area (Å²) in [6.07, 6.45) is 2.10. The second kappa shape index (κ2) is 11.1. The molecule has 0 unspecified atom stereocenters. The Morgan fingerprint density at radius 3 is 2.11 bits per heavy atom. The van der Waals surface area contributed by atoms with Crippen molar-refractivity contribution in [1.82, 2.24) is 0 Å². The first-order valence-corrected chi connectivity index (χ1v) is 4.80. The van der Waals surface area contributed by atoms with Gasteiger partial charge in [-0.25, -0.2) is 4.79 Å². The molecule has 0 aliphatic rings. The standard InChI is InChI=1S/C8H10O4.C4H6O2/c1-3-4-12-8(11)6(2)5-7(9)10;1-3-6-4(2)5/h3H,1-2,4-5H2,(H,9,10);3H,1H2,2H3. The molecule has 0 fully saturated rings. The van der Waals surface area contributed by atoms with E-state index in [2.05, 4.69) is 29.2 Å². The van der Waals surface area contributed by atoms with Crippen LogP contribution in [0, 0.1) is 0 Å². The second-order valence-electron chi connectivity index (χ2n) is 2.84. The molecule has 0 amide bonds. The molecule has 18 heavy (non-hydrogen) atoms. The van der Waals surface area contributed by atoms with Crippen LogP contribution < -0.4 is 0 Å². The van der Waals surface area contributed by atoms with Crippen LogP contribution in [0.2, 0.25) is 0 Å². The molecule has 0 aromatic carbocycles. The highest BCUT2D eigenvalue weighted by molar-refractivity contribution is 5.92. The van der Waals surface area contributed by atoms with Gasteiger partial charge in [-0.15, -0.1) is 0 Å². The summed E-state index contributed by atoms with van der Waals surface area (Å²) in [5.74, 6) is -2.13. The van der Waals surface area contributed by atoms with Gasteiger partial charge >= 0.3 is 17.9 Å². The summed E-state index contributed by atoms with van der Waals surface area (Å²) in [5, 5.41) is 8.27. The van der Waals surface area contributed by atoms with Crippen molar-refractivity contribution in [3.05, 3.63) is 37.6 Å². The molecular formula is C12H16O6. The Morgan fingerprint density at radius 1 is 1.28 bits per heavy atom. The molecule has 1 N–H and O–H groups in total.